The predicted octanol–water partition coefficient (Wildman–Crippen LogP) is 2.45. The lowest BCUT2D eigenvalue weighted by Gasteiger charge is -2.37. The van der Waals surface area contributed by atoms with Crippen LogP contribution in [0, 0.1) is 0 Å². The quantitative estimate of drug-likeness (QED) is 0.923. The minimum absolute atomic E-state index is 0.131. The van der Waals surface area contributed by atoms with Crippen molar-refractivity contribution in [3.63, 3.8) is 0 Å². The molecule has 0 aromatic carbocycles. The molecule has 0 amide bonds. The Morgan fingerprint density at radius 1 is 1.19 bits per heavy atom. The van der Waals surface area contributed by atoms with Gasteiger partial charge in [-0.3, -0.25) is 9.80 Å². The summed E-state index contributed by atoms with van der Waals surface area (Å²) in [6, 6.07) is 5.04. The molecule has 0 spiro atoms. The normalized spacial score (nSPS) is 24.4. The average molecular weight is 291 g/mol. The molecule has 1 aromatic rings. The van der Waals surface area contributed by atoms with Crippen LogP contribution in [0.2, 0.25) is 0 Å². The van der Waals surface area contributed by atoms with E-state index in [1.807, 2.05) is 0 Å². The number of piperazine rings is 1. The van der Waals surface area contributed by atoms with Crippen molar-refractivity contribution >= 4 is 0 Å². The molecule has 1 atom stereocenters. The molecule has 1 aromatic heterocycles. The van der Waals surface area contributed by atoms with Crippen LogP contribution in [-0.2, 0) is 13.1 Å². The molecule has 3 rings (SSSR count). The summed E-state index contributed by atoms with van der Waals surface area (Å²) in [5.41, 5.74) is 0.131. The van der Waals surface area contributed by atoms with Gasteiger partial charge in [0.15, 0.2) is 0 Å². The smallest absolute Gasteiger partial charge is 0.118 e. The zero-order chi connectivity index (χ0) is 14.9. The minimum atomic E-state index is 0.131. The second-order valence-corrected chi connectivity index (χ2v) is 7.54. The summed E-state index contributed by atoms with van der Waals surface area (Å²) in [6.07, 6.45) is 2.75. The minimum Gasteiger partial charge on any atom is -0.463 e. The number of rotatable bonds is 4. The van der Waals surface area contributed by atoms with Gasteiger partial charge >= 0.3 is 0 Å². The SMILES string of the molecule is CC(C)(C)NCc1ccc(CN2CCN3CCCC3C2)o1. The summed E-state index contributed by atoms with van der Waals surface area (Å²) in [5.74, 6) is 2.14. The molecule has 3 heterocycles. The van der Waals surface area contributed by atoms with E-state index < -0.39 is 0 Å². The Morgan fingerprint density at radius 3 is 2.81 bits per heavy atom. The molecule has 1 N–H and O–H groups in total. The van der Waals surface area contributed by atoms with Crippen LogP contribution >= 0.6 is 0 Å². The molecule has 4 heteroatoms. The van der Waals surface area contributed by atoms with Crippen molar-refractivity contribution in [3.8, 4) is 0 Å². The molecule has 0 aliphatic carbocycles. The van der Waals surface area contributed by atoms with E-state index in [2.05, 4.69) is 48.0 Å². The summed E-state index contributed by atoms with van der Waals surface area (Å²) < 4.78 is 5.98. The van der Waals surface area contributed by atoms with Crippen LogP contribution in [0.4, 0.5) is 0 Å². The predicted molar refractivity (Wildman–Crippen MR) is 85.2 cm³/mol. The monoisotopic (exact) mass is 291 g/mol. The fourth-order valence-corrected chi connectivity index (χ4v) is 3.37. The zero-order valence-electron chi connectivity index (χ0n) is 13.7. The fourth-order valence-electron chi connectivity index (χ4n) is 3.37. The number of fused-ring (bicyclic) bond motifs is 1. The van der Waals surface area contributed by atoms with Crippen LogP contribution in [0.3, 0.4) is 0 Å². The van der Waals surface area contributed by atoms with E-state index in [9.17, 15) is 0 Å². The van der Waals surface area contributed by atoms with Crippen LogP contribution < -0.4 is 5.32 Å². The number of furan rings is 1. The van der Waals surface area contributed by atoms with Gasteiger partial charge in [0.25, 0.3) is 0 Å². The Morgan fingerprint density at radius 2 is 2.00 bits per heavy atom. The molecule has 2 aliphatic rings. The lowest BCUT2D eigenvalue weighted by Crippen LogP contribution is -2.49. The van der Waals surface area contributed by atoms with Gasteiger partial charge in [-0.05, 0) is 52.3 Å². The van der Waals surface area contributed by atoms with Crippen LogP contribution in [0.15, 0.2) is 16.5 Å². The van der Waals surface area contributed by atoms with E-state index in [0.717, 1.165) is 30.7 Å². The van der Waals surface area contributed by atoms with Gasteiger partial charge in [-0.1, -0.05) is 0 Å². The van der Waals surface area contributed by atoms with Crippen LogP contribution in [-0.4, -0.2) is 47.6 Å². The molecule has 2 fully saturated rings. The summed E-state index contributed by atoms with van der Waals surface area (Å²) >= 11 is 0. The van der Waals surface area contributed by atoms with Crippen molar-refractivity contribution in [2.75, 3.05) is 26.2 Å². The molecule has 0 bridgehead atoms. The van der Waals surface area contributed by atoms with Gasteiger partial charge in [-0.2, -0.15) is 0 Å². The maximum absolute atomic E-state index is 5.98. The second kappa shape index (κ2) is 6.11. The Hall–Kier alpha value is -0.840. The molecular formula is C17H29N3O. The molecular weight excluding hydrogens is 262 g/mol. The van der Waals surface area contributed by atoms with Crippen molar-refractivity contribution in [1.82, 2.24) is 15.1 Å². The fraction of sp³-hybridized carbons (Fsp3) is 0.765. The number of hydrogen-bond acceptors (Lipinski definition) is 4. The van der Waals surface area contributed by atoms with Crippen LogP contribution in [0.25, 0.3) is 0 Å². The van der Waals surface area contributed by atoms with Crippen molar-refractivity contribution in [1.29, 1.82) is 0 Å². The largest absolute Gasteiger partial charge is 0.463 e. The third-order valence-corrected chi connectivity index (χ3v) is 4.56. The topological polar surface area (TPSA) is 31.6 Å². The van der Waals surface area contributed by atoms with Crippen molar-refractivity contribution in [2.45, 2.75) is 58.3 Å². The first-order valence-corrected chi connectivity index (χ1v) is 8.29. The molecule has 0 radical (unpaired) electrons. The van der Waals surface area contributed by atoms with E-state index >= 15 is 0 Å². The number of hydrogen-bond donors (Lipinski definition) is 1. The summed E-state index contributed by atoms with van der Waals surface area (Å²) in [7, 11) is 0. The lowest BCUT2D eigenvalue weighted by atomic mass is 10.1. The van der Waals surface area contributed by atoms with Gasteiger partial charge in [0.05, 0.1) is 13.1 Å². The van der Waals surface area contributed by atoms with Gasteiger partial charge in [0, 0.05) is 31.2 Å². The lowest BCUT2D eigenvalue weighted by molar-refractivity contribution is 0.0937. The first kappa shape index (κ1) is 15.1. The molecule has 1 unspecified atom stereocenters. The zero-order valence-corrected chi connectivity index (χ0v) is 13.7. The van der Waals surface area contributed by atoms with E-state index in [-0.39, 0.29) is 5.54 Å². The van der Waals surface area contributed by atoms with Crippen LogP contribution in [0.5, 0.6) is 0 Å². The molecule has 2 aliphatic heterocycles. The molecule has 0 saturated carbocycles. The number of nitrogens with zero attached hydrogens (tertiary/aromatic N) is 2. The highest BCUT2D eigenvalue weighted by Gasteiger charge is 2.30. The molecule has 21 heavy (non-hydrogen) atoms. The van der Waals surface area contributed by atoms with E-state index in [1.54, 1.807) is 0 Å². The first-order valence-electron chi connectivity index (χ1n) is 8.29. The van der Waals surface area contributed by atoms with Gasteiger partial charge in [0.1, 0.15) is 11.5 Å². The summed E-state index contributed by atoms with van der Waals surface area (Å²) in [6.45, 7) is 13.2. The Balaban J connectivity index is 1.50. The van der Waals surface area contributed by atoms with Crippen LogP contribution in [0.1, 0.15) is 45.1 Å². The maximum Gasteiger partial charge on any atom is 0.118 e. The van der Waals surface area contributed by atoms with E-state index in [0.29, 0.717) is 0 Å². The van der Waals surface area contributed by atoms with E-state index in [1.165, 1.54) is 39.0 Å². The molecule has 2 saturated heterocycles. The third kappa shape index (κ3) is 4.09. The summed E-state index contributed by atoms with van der Waals surface area (Å²) in [4.78, 5) is 5.20. The standard InChI is InChI=1S/C17H29N3O/c1-17(2,3)18-11-15-6-7-16(21-15)13-19-9-10-20-8-4-5-14(20)12-19/h6-7,14,18H,4-5,8-13H2,1-3H3. The highest BCUT2D eigenvalue weighted by Crippen LogP contribution is 2.23. The van der Waals surface area contributed by atoms with Crippen molar-refractivity contribution in [3.05, 3.63) is 23.7 Å². The van der Waals surface area contributed by atoms with Crippen molar-refractivity contribution < 1.29 is 4.42 Å². The van der Waals surface area contributed by atoms with Crippen molar-refractivity contribution in [2.24, 2.45) is 0 Å². The van der Waals surface area contributed by atoms with Gasteiger partial charge in [-0.15, -0.1) is 0 Å². The van der Waals surface area contributed by atoms with Gasteiger partial charge in [-0.25, -0.2) is 0 Å². The maximum atomic E-state index is 5.98. The average Bonchev–Trinajstić information content (AvgIpc) is 3.04. The Bertz CT molecular complexity index is 463. The second-order valence-electron chi connectivity index (χ2n) is 7.54. The Kier molecular flexibility index (Phi) is 4.38. The Labute approximate surface area is 128 Å². The van der Waals surface area contributed by atoms with Gasteiger partial charge in [0.2, 0.25) is 0 Å². The molecule has 4 nitrogen and oxygen atoms in total. The van der Waals surface area contributed by atoms with E-state index in [4.69, 9.17) is 4.42 Å². The summed E-state index contributed by atoms with van der Waals surface area (Å²) in [5, 5.41) is 3.47. The highest BCUT2D eigenvalue weighted by atomic mass is 16.3. The number of nitrogens with one attached hydrogen (secondary N) is 1. The highest BCUT2D eigenvalue weighted by molar-refractivity contribution is 5.08. The molecule has 118 valence electrons. The van der Waals surface area contributed by atoms with Gasteiger partial charge < -0.3 is 9.73 Å². The third-order valence-electron chi connectivity index (χ3n) is 4.56. The first-order chi connectivity index (χ1) is 9.99.